The van der Waals surface area contributed by atoms with Gasteiger partial charge < -0.3 is 0 Å². The molecule has 0 saturated heterocycles. The van der Waals surface area contributed by atoms with Gasteiger partial charge in [-0.15, -0.1) is 0 Å². The number of hydrogen-bond acceptors (Lipinski definition) is 1. The Morgan fingerprint density at radius 2 is 2.17 bits per heavy atom. The summed E-state index contributed by atoms with van der Waals surface area (Å²) in [5.41, 5.74) is 0.356. The molecule has 0 aliphatic heterocycles. The van der Waals surface area contributed by atoms with Gasteiger partial charge in [0.05, 0.1) is 4.32 Å². The summed E-state index contributed by atoms with van der Waals surface area (Å²) < 4.78 is -0.0885. The molecule has 0 amide bonds. The normalized spacial score (nSPS) is 66.9. The molecule has 0 heterocycles. The molecule has 4 saturated carbocycles. The number of carbonyl (C=O) groups excluding carboxylic acids is 1. The third-order valence-corrected chi connectivity index (χ3v) is 6.21. The maximum absolute atomic E-state index is 12.0. The molecule has 1 nitrogen and oxygen atoms in total. The van der Waals surface area contributed by atoms with E-state index in [1.54, 1.807) is 0 Å². The van der Waals surface area contributed by atoms with Crippen LogP contribution in [-0.4, -0.2) is 10.1 Å². The van der Waals surface area contributed by atoms with Gasteiger partial charge in [-0.05, 0) is 30.6 Å². The third-order valence-electron chi connectivity index (χ3n) is 5.02. The minimum atomic E-state index is -0.0885. The van der Waals surface area contributed by atoms with Gasteiger partial charge in [-0.2, -0.15) is 0 Å². The molecule has 0 unspecified atom stereocenters. The fourth-order valence-electron chi connectivity index (χ4n) is 4.07. The average molecular weight is 229 g/mol. The van der Waals surface area contributed by atoms with Crippen LogP contribution in [0.4, 0.5) is 0 Å². The summed E-state index contributed by atoms with van der Waals surface area (Å²) in [6.45, 7) is 4.47. The molecule has 4 aliphatic rings. The van der Waals surface area contributed by atoms with Gasteiger partial charge in [-0.25, -0.2) is 0 Å². The van der Waals surface area contributed by atoms with Crippen LogP contribution < -0.4 is 0 Å². The van der Waals surface area contributed by atoms with E-state index >= 15 is 0 Å². The fraction of sp³-hybridized carbons (Fsp3) is 0.900. The summed E-state index contributed by atoms with van der Waals surface area (Å²) in [5, 5.41) is 0. The fourth-order valence-corrected chi connectivity index (χ4v) is 5.82. The van der Waals surface area contributed by atoms with Gasteiger partial charge in [0.25, 0.3) is 0 Å². The van der Waals surface area contributed by atoms with Gasteiger partial charge in [0.2, 0.25) is 0 Å². The number of carbonyl (C=O) groups is 1. The number of halogens is 1. The predicted octanol–water partition coefficient (Wildman–Crippen LogP) is 2.53. The first kappa shape index (κ1) is 7.54. The molecule has 4 aliphatic carbocycles. The molecule has 0 aromatic heterocycles. The van der Waals surface area contributed by atoms with Crippen LogP contribution in [0.3, 0.4) is 0 Å². The van der Waals surface area contributed by atoms with E-state index in [1.807, 2.05) is 0 Å². The smallest absolute Gasteiger partial charge is 0.156 e. The molecule has 4 rings (SSSR count). The highest BCUT2D eigenvalue weighted by atomic mass is 79.9. The summed E-state index contributed by atoms with van der Waals surface area (Å²) in [6.07, 6.45) is 3.46. The van der Waals surface area contributed by atoms with Crippen molar-refractivity contribution in [2.45, 2.75) is 37.4 Å². The predicted molar refractivity (Wildman–Crippen MR) is 50.2 cm³/mol. The van der Waals surface area contributed by atoms with Gasteiger partial charge in [-0.1, -0.05) is 29.8 Å². The van der Waals surface area contributed by atoms with Crippen molar-refractivity contribution in [1.29, 1.82) is 0 Å². The highest BCUT2D eigenvalue weighted by molar-refractivity contribution is 9.10. The van der Waals surface area contributed by atoms with Crippen LogP contribution in [0, 0.1) is 16.7 Å². The van der Waals surface area contributed by atoms with Gasteiger partial charge >= 0.3 is 0 Å². The first-order valence-corrected chi connectivity index (χ1v) is 5.48. The lowest BCUT2D eigenvalue weighted by atomic mass is 9.60. The van der Waals surface area contributed by atoms with Crippen LogP contribution in [0.1, 0.15) is 33.1 Å². The standard InChI is InChI=1S/C10H13BrO/c1-8-4-3-6-9(8,2)5-10(6,11)7(8)12/h6H,3-5H2,1-2H3/t6-,8-,9-,10-/m1/s1. The van der Waals surface area contributed by atoms with Crippen molar-refractivity contribution in [3.8, 4) is 0 Å². The molecule has 0 aromatic carbocycles. The van der Waals surface area contributed by atoms with E-state index in [2.05, 4.69) is 29.8 Å². The molecule has 0 radical (unpaired) electrons. The Morgan fingerprint density at radius 3 is 2.50 bits per heavy atom. The molecule has 2 heteroatoms. The zero-order chi connectivity index (χ0) is 8.78. The molecular formula is C10H13BrO. The van der Waals surface area contributed by atoms with E-state index in [4.69, 9.17) is 0 Å². The zero-order valence-corrected chi connectivity index (χ0v) is 9.07. The Balaban J connectivity index is 2.24. The average Bonchev–Trinajstić information content (AvgIpc) is 2.30. The van der Waals surface area contributed by atoms with E-state index in [9.17, 15) is 4.79 Å². The number of ketones is 1. The van der Waals surface area contributed by atoms with Crippen molar-refractivity contribution in [3.05, 3.63) is 0 Å². The summed E-state index contributed by atoms with van der Waals surface area (Å²) in [6, 6.07) is 0. The number of rotatable bonds is 0. The third kappa shape index (κ3) is 0.417. The monoisotopic (exact) mass is 228 g/mol. The molecule has 4 atom stereocenters. The summed E-state index contributed by atoms with van der Waals surface area (Å²) in [5.74, 6) is 1.14. The lowest BCUT2D eigenvalue weighted by molar-refractivity contribution is -0.126. The zero-order valence-electron chi connectivity index (χ0n) is 7.48. The van der Waals surface area contributed by atoms with Gasteiger partial charge in [0.15, 0.2) is 5.78 Å². The van der Waals surface area contributed by atoms with Crippen LogP contribution in [0.5, 0.6) is 0 Å². The van der Waals surface area contributed by atoms with E-state index in [-0.39, 0.29) is 9.74 Å². The first-order chi connectivity index (χ1) is 5.45. The molecule has 0 aromatic rings. The van der Waals surface area contributed by atoms with Crippen molar-refractivity contribution in [1.82, 2.24) is 0 Å². The number of hydrogen-bond donors (Lipinski definition) is 0. The topological polar surface area (TPSA) is 17.1 Å². The quantitative estimate of drug-likeness (QED) is 0.583. The minimum absolute atomic E-state index is 0.0150. The van der Waals surface area contributed by atoms with Gasteiger partial charge in [0, 0.05) is 5.41 Å². The van der Waals surface area contributed by atoms with E-state index in [0.717, 1.165) is 12.8 Å². The van der Waals surface area contributed by atoms with Crippen LogP contribution in [-0.2, 0) is 4.79 Å². The van der Waals surface area contributed by atoms with Crippen LogP contribution in [0.2, 0.25) is 0 Å². The van der Waals surface area contributed by atoms with Crippen molar-refractivity contribution >= 4 is 21.7 Å². The lowest BCUT2D eigenvalue weighted by Crippen LogP contribution is -2.49. The largest absolute Gasteiger partial charge is 0.297 e. The summed E-state index contributed by atoms with van der Waals surface area (Å²) >= 11 is 3.65. The van der Waals surface area contributed by atoms with Crippen LogP contribution in [0.15, 0.2) is 0 Å². The molecule has 0 spiro atoms. The molecule has 66 valence electrons. The van der Waals surface area contributed by atoms with E-state index in [0.29, 0.717) is 17.1 Å². The number of alkyl halides is 1. The maximum atomic E-state index is 12.0. The van der Waals surface area contributed by atoms with Crippen LogP contribution in [0.25, 0.3) is 0 Å². The second-order valence-electron chi connectivity index (χ2n) is 5.21. The lowest BCUT2D eigenvalue weighted by Gasteiger charge is -2.48. The van der Waals surface area contributed by atoms with E-state index in [1.165, 1.54) is 6.42 Å². The minimum Gasteiger partial charge on any atom is -0.297 e. The highest BCUT2D eigenvalue weighted by Gasteiger charge is 2.82. The summed E-state index contributed by atoms with van der Waals surface area (Å²) in [4.78, 5) is 12.0. The number of Topliss-reactive ketones (excluding diaryl/α,β-unsaturated/α-hetero) is 1. The first-order valence-electron chi connectivity index (χ1n) is 4.69. The molecule has 0 N–H and O–H groups in total. The molecule has 4 fully saturated rings. The Hall–Kier alpha value is 0.150. The Kier molecular flexibility index (Phi) is 0.980. The molecule has 4 bridgehead atoms. The summed E-state index contributed by atoms with van der Waals surface area (Å²) in [7, 11) is 0. The Labute approximate surface area is 81.0 Å². The Morgan fingerprint density at radius 1 is 1.50 bits per heavy atom. The molecular weight excluding hydrogens is 216 g/mol. The van der Waals surface area contributed by atoms with Crippen molar-refractivity contribution in [2.75, 3.05) is 0 Å². The van der Waals surface area contributed by atoms with Crippen molar-refractivity contribution in [2.24, 2.45) is 16.7 Å². The van der Waals surface area contributed by atoms with E-state index < -0.39 is 0 Å². The second-order valence-corrected chi connectivity index (χ2v) is 6.62. The van der Waals surface area contributed by atoms with Crippen LogP contribution >= 0.6 is 15.9 Å². The highest BCUT2D eigenvalue weighted by Crippen LogP contribution is 2.81. The van der Waals surface area contributed by atoms with Gasteiger partial charge in [0.1, 0.15) is 0 Å². The van der Waals surface area contributed by atoms with Crippen molar-refractivity contribution in [3.63, 3.8) is 0 Å². The van der Waals surface area contributed by atoms with Crippen molar-refractivity contribution < 1.29 is 4.79 Å². The molecule has 12 heavy (non-hydrogen) atoms. The Bertz CT molecular complexity index is 300. The van der Waals surface area contributed by atoms with Gasteiger partial charge in [-0.3, -0.25) is 4.79 Å². The second kappa shape index (κ2) is 1.56. The SMILES string of the molecule is C[C@]12CC[C@H]3[C@](Br)(C[C@]31C)C2=O. The maximum Gasteiger partial charge on any atom is 0.156 e.